The van der Waals surface area contributed by atoms with Gasteiger partial charge in [0.05, 0.1) is 5.92 Å². The highest BCUT2D eigenvalue weighted by Crippen LogP contribution is 2.22. The summed E-state index contributed by atoms with van der Waals surface area (Å²) in [7, 11) is 0. The van der Waals surface area contributed by atoms with Gasteiger partial charge in [-0.25, -0.2) is 0 Å². The van der Waals surface area contributed by atoms with Gasteiger partial charge in [0.2, 0.25) is 0 Å². The van der Waals surface area contributed by atoms with Crippen LogP contribution in [0, 0.1) is 17.8 Å². The molecule has 12 heavy (non-hydrogen) atoms. The lowest BCUT2D eigenvalue weighted by molar-refractivity contribution is -0.142. The zero-order chi connectivity index (χ0) is 9.72. The maximum atomic E-state index is 10.7. The number of allylic oxidation sites excluding steroid dienone is 2. The van der Waals surface area contributed by atoms with E-state index in [1.54, 1.807) is 6.92 Å². The third-order valence-corrected chi connectivity index (χ3v) is 2.15. The van der Waals surface area contributed by atoms with Gasteiger partial charge in [0.1, 0.15) is 0 Å². The molecule has 1 N–H and O–H groups in total. The number of hydrogen-bond acceptors (Lipinski definition) is 1. The van der Waals surface area contributed by atoms with Crippen molar-refractivity contribution >= 4 is 5.97 Å². The van der Waals surface area contributed by atoms with Crippen LogP contribution < -0.4 is 0 Å². The Kier molecular flexibility index (Phi) is 4.64. The van der Waals surface area contributed by atoms with E-state index in [1.165, 1.54) is 0 Å². The second-order valence-electron chi connectivity index (χ2n) is 3.47. The van der Waals surface area contributed by atoms with E-state index in [2.05, 4.69) is 0 Å². The van der Waals surface area contributed by atoms with Crippen LogP contribution in [-0.2, 0) is 4.79 Å². The molecular weight excluding hydrogens is 152 g/mol. The SMILES string of the molecule is C/C=C\C(C(C)C)C(C)C(=O)O. The predicted molar refractivity (Wildman–Crippen MR) is 49.9 cm³/mol. The van der Waals surface area contributed by atoms with Crippen molar-refractivity contribution in [2.24, 2.45) is 17.8 Å². The van der Waals surface area contributed by atoms with Gasteiger partial charge < -0.3 is 5.11 Å². The van der Waals surface area contributed by atoms with Gasteiger partial charge in [-0.1, -0.05) is 32.9 Å². The molecule has 2 atom stereocenters. The van der Waals surface area contributed by atoms with Crippen molar-refractivity contribution in [3.8, 4) is 0 Å². The Morgan fingerprint density at radius 2 is 1.83 bits per heavy atom. The van der Waals surface area contributed by atoms with E-state index < -0.39 is 5.97 Å². The molecule has 0 aliphatic carbocycles. The molecule has 0 aromatic heterocycles. The van der Waals surface area contributed by atoms with Gasteiger partial charge in [0, 0.05) is 0 Å². The molecule has 0 aliphatic rings. The summed E-state index contributed by atoms with van der Waals surface area (Å²) in [5, 5.41) is 8.79. The van der Waals surface area contributed by atoms with E-state index in [9.17, 15) is 4.79 Å². The molecule has 0 spiro atoms. The van der Waals surface area contributed by atoms with E-state index in [-0.39, 0.29) is 11.8 Å². The summed E-state index contributed by atoms with van der Waals surface area (Å²) in [6.07, 6.45) is 3.90. The van der Waals surface area contributed by atoms with Crippen molar-refractivity contribution in [3.63, 3.8) is 0 Å². The Morgan fingerprint density at radius 3 is 2.08 bits per heavy atom. The smallest absolute Gasteiger partial charge is 0.306 e. The second-order valence-corrected chi connectivity index (χ2v) is 3.47. The summed E-state index contributed by atoms with van der Waals surface area (Å²) in [6, 6.07) is 0. The first-order valence-electron chi connectivity index (χ1n) is 4.36. The third-order valence-electron chi connectivity index (χ3n) is 2.15. The van der Waals surface area contributed by atoms with E-state index in [1.807, 2.05) is 32.9 Å². The fraction of sp³-hybridized carbons (Fsp3) is 0.700. The maximum Gasteiger partial charge on any atom is 0.306 e. The molecular formula is C10H18O2. The van der Waals surface area contributed by atoms with Crippen LogP contribution in [0.3, 0.4) is 0 Å². The number of rotatable bonds is 4. The highest BCUT2D eigenvalue weighted by Gasteiger charge is 2.23. The van der Waals surface area contributed by atoms with Crippen molar-refractivity contribution in [1.82, 2.24) is 0 Å². The highest BCUT2D eigenvalue weighted by molar-refractivity contribution is 5.70. The monoisotopic (exact) mass is 170 g/mol. The molecule has 0 aromatic carbocycles. The van der Waals surface area contributed by atoms with Crippen molar-refractivity contribution in [2.45, 2.75) is 27.7 Å². The van der Waals surface area contributed by atoms with Crippen LogP contribution in [0.4, 0.5) is 0 Å². The Labute approximate surface area is 74.3 Å². The average Bonchev–Trinajstić information content (AvgIpc) is 1.98. The average molecular weight is 170 g/mol. The molecule has 0 fully saturated rings. The lowest BCUT2D eigenvalue weighted by atomic mass is 9.84. The number of carboxylic acids is 1. The van der Waals surface area contributed by atoms with Gasteiger partial charge in [-0.05, 0) is 18.8 Å². The van der Waals surface area contributed by atoms with Gasteiger partial charge >= 0.3 is 5.97 Å². The Balaban J connectivity index is 4.39. The molecule has 2 unspecified atom stereocenters. The maximum absolute atomic E-state index is 10.7. The number of aliphatic carboxylic acids is 1. The number of hydrogen-bond donors (Lipinski definition) is 1. The fourth-order valence-corrected chi connectivity index (χ4v) is 1.35. The topological polar surface area (TPSA) is 37.3 Å². The Morgan fingerprint density at radius 1 is 1.33 bits per heavy atom. The van der Waals surface area contributed by atoms with Crippen LogP contribution in [0.5, 0.6) is 0 Å². The van der Waals surface area contributed by atoms with E-state index in [4.69, 9.17) is 5.11 Å². The molecule has 0 saturated heterocycles. The summed E-state index contributed by atoms with van der Waals surface area (Å²) in [6.45, 7) is 7.77. The lowest BCUT2D eigenvalue weighted by Gasteiger charge is -2.20. The van der Waals surface area contributed by atoms with Crippen LogP contribution in [0.1, 0.15) is 27.7 Å². The van der Waals surface area contributed by atoms with Gasteiger partial charge in [-0.2, -0.15) is 0 Å². The van der Waals surface area contributed by atoms with E-state index in [0.717, 1.165) is 0 Å². The zero-order valence-electron chi connectivity index (χ0n) is 8.24. The first-order chi connectivity index (χ1) is 5.50. The van der Waals surface area contributed by atoms with Crippen LogP contribution in [-0.4, -0.2) is 11.1 Å². The minimum atomic E-state index is -0.716. The van der Waals surface area contributed by atoms with Gasteiger partial charge in [-0.15, -0.1) is 0 Å². The molecule has 0 radical (unpaired) electrons. The van der Waals surface area contributed by atoms with Crippen LogP contribution in [0.25, 0.3) is 0 Å². The first kappa shape index (κ1) is 11.2. The van der Waals surface area contributed by atoms with E-state index in [0.29, 0.717) is 5.92 Å². The van der Waals surface area contributed by atoms with Crippen molar-refractivity contribution < 1.29 is 9.90 Å². The molecule has 2 nitrogen and oxygen atoms in total. The zero-order valence-corrected chi connectivity index (χ0v) is 8.24. The summed E-state index contributed by atoms with van der Waals surface area (Å²) >= 11 is 0. The summed E-state index contributed by atoms with van der Waals surface area (Å²) in [5.74, 6) is -0.479. The van der Waals surface area contributed by atoms with Gasteiger partial charge in [0.25, 0.3) is 0 Å². The summed E-state index contributed by atoms with van der Waals surface area (Å²) in [5.41, 5.74) is 0. The van der Waals surface area contributed by atoms with Crippen molar-refractivity contribution in [3.05, 3.63) is 12.2 Å². The normalized spacial score (nSPS) is 16.8. The quantitative estimate of drug-likeness (QED) is 0.658. The molecule has 70 valence electrons. The third kappa shape index (κ3) is 3.07. The van der Waals surface area contributed by atoms with E-state index >= 15 is 0 Å². The first-order valence-corrected chi connectivity index (χ1v) is 4.36. The molecule has 0 heterocycles. The number of carbonyl (C=O) groups is 1. The Bertz CT molecular complexity index is 171. The molecule has 2 heteroatoms. The standard InChI is InChI=1S/C10H18O2/c1-5-6-9(7(2)3)8(4)10(11)12/h5-9H,1-4H3,(H,11,12)/b6-5-. The molecule has 0 rings (SSSR count). The Hall–Kier alpha value is -0.790. The lowest BCUT2D eigenvalue weighted by Crippen LogP contribution is -2.23. The minimum absolute atomic E-state index is 0.146. The molecule has 0 aromatic rings. The minimum Gasteiger partial charge on any atom is -0.481 e. The highest BCUT2D eigenvalue weighted by atomic mass is 16.4. The second kappa shape index (κ2) is 4.96. The largest absolute Gasteiger partial charge is 0.481 e. The summed E-state index contributed by atoms with van der Waals surface area (Å²) in [4.78, 5) is 10.7. The van der Waals surface area contributed by atoms with Gasteiger partial charge in [0.15, 0.2) is 0 Å². The van der Waals surface area contributed by atoms with Crippen molar-refractivity contribution in [2.75, 3.05) is 0 Å². The molecule has 0 bridgehead atoms. The molecule has 0 amide bonds. The predicted octanol–water partition coefficient (Wildman–Crippen LogP) is 2.56. The fourth-order valence-electron chi connectivity index (χ4n) is 1.35. The van der Waals surface area contributed by atoms with Crippen LogP contribution in [0.2, 0.25) is 0 Å². The van der Waals surface area contributed by atoms with Gasteiger partial charge in [-0.3, -0.25) is 4.79 Å². The molecule has 0 saturated carbocycles. The van der Waals surface area contributed by atoms with Crippen LogP contribution >= 0.6 is 0 Å². The molecule has 0 aliphatic heterocycles. The summed E-state index contributed by atoms with van der Waals surface area (Å²) < 4.78 is 0. The van der Waals surface area contributed by atoms with Crippen LogP contribution in [0.15, 0.2) is 12.2 Å². The number of carboxylic acid groups (broad SMARTS) is 1. The van der Waals surface area contributed by atoms with Crippen molar-refractivity contribution in [1.29, 1.82) is 0 Å².